The SMILES string of the molecule is CCNC(=NCc1ccccc1OC1CCC1)NC1CCN(CCCOC)CC1. The molecular weight excluding hydrogens is 364 g/mol. The fraction of sp³-hybridized carbons (Fsp3) is 0.696. The number of nitrogens with one attached hydrogen (secondary N) is 2. The number of aliphatic imine (C=N–C) groups is 1. The number of guanidine groups is 1. The molecule has 29 heavy (non-hydrogen) atoms. The minimum absolute atomic E-state index is 0.389. The highest BCUT2D eigenvalue weighted by Crippen LogP contribution is 2.27. The molecule has 2 fully saturated rings. The van der Waals surface area contributed by atoms with Gasteiger partial charge in [-0.05, 0) is 51.5 Å². The van der Waals surface area contributed by atoms with Crippen LogP contribution in [-0.4, -0.2) is 62.9 Å². The van der Waals surface area contributed by atoms with E-state index in [-0.39, 0.29) is 0 Å². The number of hydrogen-bond acceptors (Lipinski definition) is 4. The lowest BCUT2D eigenvalue weighted by Gasteiger charge is -2.33. The molecule has 1 aliphatic carbocycles. The van der Waals surface area contributed by atoms with Crippen molar-refractivity contribution in [2.24, 2.45) is 4.99 Å². The van der Waals surface area contributed by atoms with Gasteiger partial charge in [0.05, 0.1) is 12.6 Å². The Bertz CT molecular complexity index is 625. The van der Waals surface area contributed by atoms with Crippen molar-refractivity contribution in [2.75, 3.05) is 39.9 Å². The Hall–Kier alpha value is -1.79. The van der Waals surface area contributed by atoms with Crippen LogP contribution in [0, 0.1) is 0 Å². The molecule has 0 atom stereocenters. The van der Waals surface area contributed by atoms with E-state index in [0.717, 1.165) is 69.3 Å². The van der Waals surface area contributed by atoms with E-state index < -0.39 is 0 Å². The fourth-order valence-corrected chi connectivity index (χ4v) is 3.83. The minimum atomic E-state index is 0.389. The Morgan fingerprint density at radius 3 is 2.66 bits per heavy atom. The highest BCUT2D eigenvalue weighted by Gasteiger charge is 2.21. The van der Waals surface area contributed by atoms with Gasteiger partial charge in [0.1, 0.15) is 5.75 Å². The number of piperidine rings is 1. The molecule has 2 N–H and O–H groups in total. The zero-order chi connectivity index (χ0) is 20.3. The highest BCUT2D eigenvalue weighted by molar-refractivity contribution is 5.80. The molecule has 0 aromatic heterocycles. The fourth-order valence-electron chi connectivity index (χ4n) is 3.83. The van der Waals surface area contributed by atoms with Gasteiger partial charge >= 0.3 is 0 Å². The third-order valence-electron chi connectivity index (χ3n) is 5.82. The molecule has 1 aromatic rings. The topological polar surface area (TPSA) is 58.1 Å². The van der Waals surface area contributed by atoms with Gasteiger partial charge in [-0.3, -0.25) is 0 Å². The summed E-state index contributed by atoms with van der Waals surface area (Å²) < 4.78 is 11.3. The van der Waals surface area contributed by atoms with Crippen LogP contribution >= 0.6 is 0 Å². The number of rotatable bonds is 10. The zero-order valence-corrected chi connectivity index (χ0v) is 18.2. The molecule has 6 nitrogen and oxygen atoms in total. The van der Waals surface area contributed by atoms with Crippen LogP contribution in [0.25, 0.3) is 0 Å². The Morgan fingerprint density at radius 1 is 1.17 bits per heavy atom. The summed E-state index contributed by atoms with van der Waals surface area (Å²) in [4.78, 5) is 7.39. The molecule has 162 valence electrons. The van der Waals surface area contributed by atoms with E-state index in [2.05, 4.69) is 40.7 Å². The standard InChI is InChI=1S/C23H38N4O2/c1-3-24-23(26-20-12-15-27(16-13-20)14-7-17-28-2)25-18-19-8-4-5-11-22(19)29-21-9-6-10-21/h4-5,8,11,20-21H,3,6-7,9-10,12-18H2,1-2H3,(H2,24,25,26). The third kappa shape index (κ3) is 7.19. The summed E-state index contributed by atoms with van der Waals surface area (Å²) in [5.41, 5.74) is 1.16. The van der Waals surface area contributed by atoms with Crippen LogP contribution in [-0.2, 0) is 11.3 Å². The van der Waals surface area contributed by atoms with Crippen molar-refractivity contribution in [1.29, 1.82) is 0 Å². The monoisotopic (exact) mass is 402 g/mol. The number of likely N-dealkylation sites (tertiary alicyclic amines) is 1. The van der Waals surface area contributed by atoms with Crippen molar-refractivity contribution in [3.8, 4) is 5.75 Å². The summed E-state index contributed by atoms with van der Waals surface area (Å²) in [5, 5.41) is 7.05. The Kier molecular flexibility index (Phi) is 9.09. The average Bonchev–Trinajstić information content (AvgIpc) is 2.71. The predicted octanol–water partition coefficient (Wildman–Crippen LogP) is 3.17. The second-order valence-electron chi connectivity index (χ2n) is 8.08. The van der Waals surface area contributed by atoms with Gasteiger partial charge in [0.25, 0.3) is 0 Å². The molecule has 0 amide bonds. The van der Waals surface area contributed by atoms with Crippen LogP contribution in [0.4, 0.5) is 0 Å². The first-order chi connectivity index (χ1) is 14.3. The summed E-state index contributed by atoms with van der Waals surface area (Å²) in [5.74, 6) is 1.89. The van der Waals surface area contributed by atoms with Crippen LogP contribution in [0.15, 0.2) is 29.3 Å². The van der Waals surface area contributed by atoms with Gasteiger partial charge in [-0.2, -0.15) is 0 Å². The molecule has 0 unspecified atom stereocenters. The van der Waals surface area contributed by atoms with Crippen LogP contribution in [0.3, 0.4) is 0 Å². The van der Waals surface area contributed by atoms with Crippen molar-refractivity contribution in [1.82, 2.24) is 15.5 Å². The van der Waals surface area contributed by atoms with E-state index in [1.807, 2.05) is 6.07 Å². The van der Waals surface area contributed by atoms with E-state index >= 15 is 0 Å². The van der Waals surface area contributed by atoms with E-state index in [0.29, 0.717) is 18.7 Å². The predicted molar refractivity (Wildman–Crippen MR) is 119 cm³/mol. The summed E-state index contributed by atoms with van der Waals surface area (Å²) >= 11 is 0. The summed E-state index contributed by atoms with van der Waals surface area (Å²) in [6.07, 6.45) is 7.43. The lowest BCUT2D eigenvalue weighted by atomic mass is 9.96. The van der Waals surface area contributed by atoms with Crippen LogP contribution in [0.2, 0.25) is 0 Å². The molecule has 3 rings (SSSR count). The average molecular weight is 403 g/mol. The lowest BCUT2D eigenvalue weighted by molar-refractivity contribution is 0.119. The van der Waals surface area contributed by atoms with Gasteiger partial charge in [0.2, 0.25) is 0 Å². The Morgan fingerprint density at radius 2 is 1.97 bits per heavy atom. The number of nitrogens with zero attached hydrogens (tertiary/aromatic N) is 2. The van der Waals surface area contributed by atoms with Crippen molar-refractivity contribution in [2.45, 2.75) is 64.1 Å². The summed E-state index contributed by atoms with van der Waals surface area (Å²) in [7, 11) is 1.77. The maximum Gasteiger partial charge on any atom is 0.191 e. The second-order valence-corrected chi connectivity index (χ2v) is 8.08. The molecular formula is C23H38N4O2. The largest absolute Gasteiger partial charge is 0.490 e. The minimum Gasteiger partial charge on any atom is -0.490 e. The van der Waals surface area contributed by atoms with Gasteiger partial charge in [-0.1, -0.05) is 18.2 Å². The number of benzene rings is 1. The first-order valence-electron chi connectivity index (χ1n) is 11.3. The second kappa shape index (κ2) is 12.0. The molecule has 1 heterocycles. The van der Waals surface area contributed by atoms with Crippen LogP contribution in [0.5, 0.6) is 5.75 Å². The van der Waals surface area contributed by atoms with E-state index in [1.54, 1.807) is 7.11 Å². The van der Waals surface area contributed by atoms with E-state index in [1.165, 1.54) is 19.3 Å². The first kappa shape index (κ1) is 21.9. The molecule has 0 spiro atoms. The molecule has 1 aliphatic heterocycles. The number of methoxy groups -OCH3 is 1. The maximum atomic E-state index is 6.15. The van der Waals surface area contributed by atoms with Gasteiger partial charge in [-0.25, -0.2) is 4.99 Å². The molecule has 1 saturated heterocycles. The summed E-state index contributed by atoms with van der Waals surface area (Å²) in [6.45, 7) is 7.87. The number of para-hydroxylation sites is 1. The van der Waals surface area contributed by atoms with E-state index in [9.17, 15) is 0 Å². The number of hydrogen-bond donors (Lipinski definition) is 2. The Labute approximate surface area is 176 Å². The molecule has 6 heteroatoms. The molecule has 1 aromatic carbocycles. The van der Waals surface area contributed by atoms with E-state index in [4.69, 9.17) is 14.5 Å². The molecule has 0 bridgehead atoms. The molecule has 1 saturated carbocycles. The number of ether oxygens (including phenoxy) is 2. The quantitative estimate of drug-likeness (QED) is 0.358. The molecule has 2 aliphatic rings. The van der Waals surface area contributed by atoms with Crippen molar-refractivity contribution in [3.63, 3.8) is 0 Å². The van der Waals surface area contributed by atoms with Crippen molar-refractivity contribution >= 4 is 5.96 Å². The third-order valence-corrected chi connectivity index (χ3v) is 5.82. The van der Waals surface area contributed by atoms with Crippen LogP contribution in [0.1, 0.15) is 51.0 Å². The Balaban J connectivity index is 1.50. The highest BCUT2D eigenvalue weighted by atomic mass is 16.5. The van der Waals surface area contributed by atoms with Gasteiger partial charge in [0.15, 0.2) is 5.96 Å². The summed E-state index contributed by atoms with van der Waals surface area (Å²) in [6, 6.07) is 8.79. The van der Waals surface area contributed by atoms with Crippen molar-refractivity contribution < 1.29 is 9.47 Å². The molecule has 0 radical (unpaired) electrons. The zero-order valence-electron chi connectivity index (χ0n) is 18.2. The van der Waals surface area contributed by atoms with Gasteiger partial charge in [0, 0.05) is 51.5 Å². The maximum absolute atomic E-state index is 6.15. The van der Waals surface area contributed by atoms with Gasteiger partial charge < -0.3 is 25.0 Å². The normalized spacial score (nSPS) is 19.0. The van der Waals surface area contributed by atoms with Crippen LogP contribution < -0.4 is 15.4 Å². The first-order valence-corrected chi connectivity index (χ1v) is 11.3. The van der Waals surface area contributed by atoms with Gasteiger partial charge in [-0.15, -0.1) is 0 Å². The lowest BCUT2D eigenvalue weighted by Crippen LogP contribution is -2.48. The smallest absolute Gasteiger partial charge is 0.191 e. The van der Waals surface area contributed by atoms with Crippen molar-refractivity contribution in [3.05, 3.63) is 29.8 Å².